The largest absolute Gasteiger partial charge is 0.573 e. The summed E-state index contributed by atoms with van der Waals surface area (Å²) in [6.07, 6.45) is -8.61. The summed E-state index contributed by atoms with van der Waals surface area (Å²) in [7, 11) is 0. The van der Waals surface area contributed by atoms with Crippen molar-refractivity contribution in [2.45, 2.75) is 25.1 Å². The minimum Gasteiger partial charge on any atom is -0.404 e. The number of hydrogen-bond acceptors (Lipinski definition) is 3. The van der Waals surface area contributed by atoms with Crippen molar-refractivity contribution in [3.05, 3.63) is 23.0 Å². The van der Waals surface area contributed by atoms with E-state index in [1.165, 1.54) is 6.07 Å². The zero-order valence-electron chi connectivity index (χ0n) is 9.14. The monoisotopic (exact) mass is 300 g/mol. The van der Waals surface area contributed by atoms with E-state index in [2.05, 4.69) is 9.72 Å². The van der Waals surface area contributed by atoms with Crippen LogP contribution in [0.1, 0.15) is 23.4 Å². The summed E-state index contributed by atoms with van der Waals surface area (Å²) in [5.41, 5.74) is -1.55. The third-order valence-electron chi connectivity index (χ3n) is 2.00. The van der Waals surface area contributed by atoms with Crippen LogP contribution < -0.4 is 4.74 Å². The molecule has 9 heteroatoms. The Labute approximate surface area is 109 Å². The van der Waals surface area contributed by atoms with E-state index in [0.29, 0.717) is 0 Å². The number of alkyl halides is 6. The molecular formula is C10H6ClF5N2O. The first-order chi connectivity index (χ1) is 8.78. The third-order valence-corrected chi connectivity index (χ3v) is 2.28. The quantitative estimate of drug-likeness (QED) is 0.629. The highest BCUT2D eigenvalue weighted by molar-refractivity contribution is 6.17. The van der Waals surface area contributed by atoms with Gasteiger partial charge in [-0.25, -0.2) is 13.8 Å². The van der Waals surface area contributed by atoms with Gasteiger partial charge in [0.2, 0.25) is 0 Å². The van der Waals surface area contributed by atoms with Crippen LogP contribution >= 0.6 is 11.6 Å². The summed E-state index contributed by atoms with van der Waals surface area (Å²) < 4.78 is 65.3. The van der Waals surface area contributed by atoms with Crippen molar-refractivity contribution < 1.29 is 26.7 Å². The molecule has 1 heterocycles. The topological polar surface area (TPSA) is 45.9 Å². The molecule has 0 spiro atoms. The zero-order chi connectivity index (χ0) is 14.6. The molecule has 0 N–H and O–H groups in total. The summed E-state index contributed by atoms with van der Waals surface area (Å²) in [5.74, 6) is -1.25. The lowest BCUT2D eigenvalue weighted by Crippen LogP contribution is -2.19. The van der Waals surface area contributed by atoms with Gasteiger partial charge in [-0.2, -0.15) is 5.26 Å². The molecule has 3 nitrogen and oxygen atoms in total. The van der Waals surface area contributed by atoms with E-state index in [1.54, 1.807) is 0 Å². The van der Waals surface area contributed by atoms with Crippen molar-refractivity contribution in [3.63, 3.8) is 0 Å². The summed E-state index contributed by atoms with van der Waals surface area (Å²) in [5, 5.41) is 8.46. The second kappa shape index (κ2) is 6.02. The van der Waals surface area contributed by atoms with E-state index in [9.17, 15) is 22.0 Å². The number of nitrogens with zero attached hydrogens (tertiary/aromatic N) is 2. The van der Waals surface area contributed by atoms with Gasteiger partial charge in [0.05, 0.1) is 18.2 Å². The van der Waals surface area contributed by atoms with Gasteiger partial charge in [0.25, 0.3) is 6.43 Å². The van der Waals surface area contributed by atoms with Crippen molar-refractivity contribution in [3.8, 4) is 11.8 Å². The molecule has 0 fully saturated rings. The fraction of sp³-hybridized carbons (Fsp3) is 0.400. The van der Waals surface area contributed by atoms with Crippen molar-refractivity contribution in [2.24, 2.45) is 0 Å². The highest BCUT2D eigenvalue weighted by Gasteiger charge is 2.33. The van der Waals surface area contributed by atoms with E-state index in [4.69, 9.17) is 16.9 Å². The Kier molecular flexibility index (Phi) is 4.89. The van der Waals surface area contributed by atoms with Crippen LogP contribution in [0.25, 0.3) is 0 Å². The molecule has 0 aromatic carbocycles. The molecule has 0 aliphatic heterocycles. The van der Waals surface area contributed by atoms with Crippen LogP contribution in [0.5, 0.6) is 5.75 Å². The average Bonchev–Trinajstić information content (AvgIpc) is 2.28. The Bertz CT molecular complexity index is 498. The minimum absolute atomic E-state index is 0.280. The van der Waals surface area contributed by atoms with Crippen LogP contribution in [0.15, 0.2) is 6.07 Å². The molecule has 1 aromatic heterocycles. The molecule has 0 aliphatic rings. The van der Waals surface area contributed by atoms with Crippen LogP contribution in [0.4, 0.5) is 22.0 Å². The van der Waals surface area contributed by atoms with E-state index in [1.807, 2.05) is 0 Å². The highest BCUT2D eigenvalue weighted by atomic mass is 35.5. The minimum atomic E-state index is -5.01. The average molecular weight is 301 g/mol. The fourth-order valence-corrected chi connectivity index (χ4v) is 1.51. The molecule has 1 aromatic rings. The van der Waals surface area contributed by atoms with Crippen molar-refractivity contribution in [2.75, 3.05) is 0 Å². The van der Waals surface area contributed by atoms with Crippen LogP contribution in [0.2, 0.25) is 0 Å². The fourth-order valence-electron chi connectivity index (χ4n) is 1.30. The number of rotatable bonds is 4. The summed E-state index contributed by atoms with van der Waals surface area (Å²) in [6, 6.07) is 2.25. The lowest BCUT2D eigenvalue weighted by Gasteiger charge is -2.14. The molecule has 0 bridgehead atoms. The van der Waals surface area contributed by atoms with Crippen molar-refractivity contribution in [1.82, 2.24) is 4.98 Å². The summed E-state index contributed by atoms with van der Waals surface area (Å²) in [6.45, 7) is 0. The summed E-state index contributed by atoms with van der Waals surface area (Å²) in [4.78, 5) is 3.33. The van der Waals surface area contributed by atoms with Crippen LogP contribution in [0.3, 0.4) is 0 Å². The zero-order valence-corrected chi connectivity index (χ0v) is 9.90. The predicted molar refractivity (Wildman–Crippen MR) is 54.8 cm³/mol. The maximum atomic E-state index is 12.6. The molecule has 0 saturated heterocycles. The molecule has 19 heavy (non-hydrogen) atoms. The first-order valence-electron chi connectivity index (χ1n) is 4.78. The third kappa shape index (κ3) is 4.21. The standard InChI is InChI=1S/C10H6ClF5N2O/c11-4-5-3-7(19-10(14,15)16)6(1-2-17)18-8(5)9(12)13/h3,9H,1,4H2. The smallest absolute Gasteiger partial charge is 0.404 e. The Balaban J connectivity index is 3.32. The van der Waals surface area contributed by atoms with E-state index >= 15 is 0 Å². The second-order valence-corrected chi connectivity index (χ2v) is 3.56. The Morgan fingerprint density at radius 3 is 2.47 bits per heavy atom. The van der Waals surface area contributed by atoms with Gasteiger partial charge >= 0.3 is 6.36 Å². The van der Waals surface area contributed by atoms with Gasteiger partial charge in [-0.15, -0.1) is 24.8 Å². The maximum absolute atomic E-state index is 12.6. The molecule has 0 aliphatic carbocycles. The Morgan fingerprint density at radius 1 is 1.42 bits per heavy atom. The Morgan fingerprint density at radius 2 is 2.05 bits per heavy atom. The van der Waals surface area contributed by atoms with Crippen molar-refractivity contribution in [1.29, 1.82) is 5.26 Å². The molecule has 0 unspecified atom stereocenters. The number of aromatic nitrogens is 1. The first kappa shape index (κ1) is 15.4. The first-order valence-corrected chi connectivity index (χ1v) is 5.31. The molecule has 0 amide bonds. The van der Waals surface area contributed by atoms with Gasteiger partial charge in [0.1, 0.15) is 5.69 Å². The number of pyridine rings is 1. The van der Waals surface area contributed by atoms with Gasteiger partial charge in [-0.1, -0.05) is 0 Å². The summed E-state index contributed by atoms with van der Waals surface area (Å²) >= 11 is 5.37. The molecular weight excluding hydrogens is 295 g/mol. The molecule has 0 saturated carbocycles. The van der Waals surface area contributed by atoms with Crippen LogP contribution in [-0.2, 0) is 12.3 Å². The molecule has 0 atom stereocenters. The number of halogens is 6. The maximum Gasteiger partial charge on any atom is 0.573 e. The Hall–Kier alpha value is -1.62. The number of hydrogen-bond donors (Lipinski definition) is 0. The van der Waals surface area contributed by atoms with Gasteiger partial charge < -0.3 is 4.74 Å². The van der Waals surface area contributed by atoms with Crippen molar-refractivity contribution >= 4 is 11.6 Å². The van der Waals surface area contributed by atoms with E-state index in [0.717, 1.165) is 6.07 Å². The highest BCUT2D eigenvalue weighted by Crippen LogP contribution is 2.31. The predicted octanol–water partition coefficient (Wildman–Crippen LogP) is 3.72. The van der Waals surface area contributed by atoms with Gasteiger partial charge in [-0.05, 0) is 11.6 Å². The molecule has 104 valence electrons. The van der Waals surface area contributed by atoms with Crippen LogP contribution in [0, 0.1) is 11.3 Å². The molecule has 1 rings (SSSR count). The second-order valence-electron chi connectivity index (χ2n) is 3.29. The van der Waals surface area contributed by atoms with E-state index in [-0.39, 0.29) is 5.56 Å². The normalized spacial score (nSPS) is 11.5. The van der Waals surface area contributed by atoms with Gasteiger partial charge in [-0.3, -0.25) is 0 Å². The number of nitriles is 1. The van der Waals surface area contributed by atoms with Gasteiger partial charge in [0, 0.05) is 5.88 Å². The lowest BCUT2D eigenvalue weighted by molar-refractivity contribution is -0.275. The molecule has 0 radical (unpaired) electrons. The SMILES string of the molecule is N#CCc1nc(C(F)F)c(CCl)cc1OC(F)(F)F. The van der Waals surface area contributed by atoms with E-state index < -0.39 is 42.2 Å². The lowest BCUT2D eigenvalue weighted by atomic mass is 10.1. The van der Waals surface area contributed by atoms with Gasteiger partial charge in [0.15, 0.2) is 5.75 Å². The van der Waals surface area contributed by atoms with Crippen LogP contribution in [-0.4, -0.2) is 11.3 Å². The number of ether oxygens (including phenoxy) is 1.